The molecule has 6 heteroatoms. The molecule has 3 heterocycles. The molecule has 0 bridgehead atoms. The number of aldehydes is 1. The molecule has 3 rings (SSSR count). The highest BCUT2D eigenvalue weighted by Crippen LogP contribution is 2.28. The van der Waals surface area contributed by atoms with E-state index < -0.39 is 0 Å². The van der Waals surface area contributed by atoms with Gasteiger partial charge in [-0.25, -0.2) is 4.98 Å². The molecule has 0 saturated carbocycles. The first-order valence-corrected chi connectivity index (χ1v) is 7.48. The standard InChI is InChI=1S/C13H17N3O2S/c17-6-3-10-2-1-4-15(8-10)12-11(9-18)16-5-7-19-13(16)14-12/h5,7,9-10,17H,1-4,6,8H2. The van der Waals surface area contributed by atoms with Crippen molar-refractivity contribution in [2.45, 2.75) is 19.3 Å². The number of carbonyl (C=O) groups excluding carboxylic acids is 1. The number of thiazole rings is 1. The SMILES string of the molecule is O=Cc1c(N2CCCC(CCO)C2)nc2sccn12. The molecule has 0 aromatic carbocycles. The molecule has 19 heavy (non-hydrogen) atoms. The highest BCUT2D eigenvalue weighted by molar-refractivity contribution is 7.15. The molecule has 1 aliphatic rings. The number of carbonyl (C=O) groups is 1. The summed E-state index contributed by atoms with van der Waals surface area (Å²) >= 11 is 1.54. The van der Waals surface area contributed by atoms with Crippen LogP contribution >= 0.6 is 11.3 Å². The minimum atomic E-state index is 0.233. The van der Waals surface area contributed by atoms with E-state index in [1.54, 1.807) is 0 Å². The second-order valence-corrected chi connectivity index (χ2v) is 5.83. The number of rotatable bonds is 4. The van der Waals surface area contributed by atoms with E-state index in [0.29, 0.717) is 11.6 Å². The Morgan fingerprint density at radius 3 is 3.26 bits per heavy atom. The van der Waals surface area contributed by atoms with Gasteiger partial charge in [0.15, 0.2) is 17.1 Å². The first kappa shape index (κ1) is 12.6. The van der Waals surface area contributed by atoms with Crippen molar-refractivity contribution >= 4 is 28.4 Å². The van der Waals surface area contributed by atoms with E-state index in [1.807, 2.05) is 16.0 Å². The summed E-state index contributed by atoms with van der Waals surface area (Å²) < 4.78 is 1.85. The molecule has 0 radical (unpaired) electrons. The van der Waals surface area contributed by atoms with E-state index >= 15 is 0 Å². The summed E-state index contributed by atoms with van der Waals surface area (Å²) in [4.78, 5) is 19.0. The monoisotopic (exact) mass is 279 g/mol. The summed E-state index contributed by atoms with van der Waals surface area (Å²) in [5.74, 6) is 1.29. The van der Waals surface area contributed by atoms with Gasteiger partial charge in [-0.05, 0) is 25.2 Å². The molecule has 0 amide bonds. The lowest BCUT2D eigenvalue weighted by Crippen LogP contribution is -2.36. The lowest BCUT2D eigenvalue weighted by atomic mass is 9.95. The molecule has 1 atom stereocenters. The third-order valence-corrected chi connectivity index (χ3v) is 4.50. The normalized spacial score (nSPS) is 20.1. The van der Waals surface area contributed by atoms with Gasteiger partial charge in [0.05, 0.1) is 0 Å². The van der Waals surface area contributed by atoms with Crippen LogP contribution in [0.5, 0.6) is 0 Å². The maximum absolute atomic E-state index is 11.3. The van der Waals surface area contributed by atoms with E-state index in [9.17, 15) is 4.79 Å². The smallest absolute Gasteiger partial charge is 0.196 e. The summed E-state index contributed by atoms with van der Waals surface area (Å²) in [6.45, 7) is 2.05. The van der Waals surface area contributed by atoms with E-state index in [-0.39, 0.29) is 6.61 Å². The predicted molar refractivity (Wildman–Crippen MR) is 75.1 cm³/mol. The molecule has 1 N–H and O–H groups in total. The van der Waals surface area contributed by atoms with Gasteiger partial charge < -0.3 is 10.0 Å². The fourth-order valence-electron chi connectivity index (χ4n) is 2.81. The number of aliphatic hydroxyl groups is 1. The van der Waals surface area contributed by atoms with E-state index in [0.717, 1.165) is 49.4 Å². The fourth-order valence-corrected chi connectivity index (χ4v) is 3.53. The van der Waals surface area contributed by atoms with Crippen LogP contribution in [0.25, 0.3) is 4.96 Å². The minimum absolute atomic E-state index is 0.233. The van der Waals surface area contributed by atoms with Crippen LogP contribution in [0, 0.1) is 5.92 Å². The lowest BCUT2D eigenvalue weighted by molar-refractivity contribution is 0.111. The van der Waals surface area contributed by atoms with Gasteiger partial charge >= 0.3 is 0 Å². The summed E-state index contributed by atoms with van der Waals surface area (Å²) in [5, 5.41) is 11.0. The fraction of sp³-hybridized carbons (Fsp3) is 0.538. The van der Waals surface area contributed by atoms with Crippen molar-refractivity contribution in [2.24, 2.45) is 5.92 Å². The molecule has 2 aromatic heterocycles. The van der Waals surface area contributed by atoms with Crippen LogP contribution in [0.1, 0.15) is 29.8 Å². The Morgan fingerprint density at radius 1 is 1.58 bits per heavy atom. The van der Waals surface area contributed by atoms with Crippen LogP contribution in [-0.2, 0) is 0 Å². The van der Waals surface area contributed by atoms with Crippen LogP contribution in [0.2, 0.25) is 0 Å². The van der Waals surface area contributed by atoms with Crippen LogP contribution < -0.4 is 4.90 Å². The van der Waals surface area contributed by atoms with Gasteiger partial charge in [0, 0.05) is 31.3 Å². The van der Waals surface area contributed by atoms with Gasteiger partial charge in [0.1, 0.15) is 5.69 Å². The number of hydrogen-bond acceptors (Lipinski definition) is 5. The second kappa shape index (κ2) is 5.30. The van der Waals surface area contributed by atoms with Gasteiger partial charge in [0.2, 0.25) is 0 Å². The minimum Gasteiger partial charge on any atom is -0.396 e. The van der Waals surface area contributed by atoms with Gasteiger partial charge in [0.25, 0.3) is 0 Å². The average molecular weight is 279 g/mol. The van der Waals surface area contributed by atoms with Crippen molar-refractivity contribution < 1.29 is 9.90 Å². The Labute approximate surface area is 115 Å². The van der Waals surface area contributed by atoms with Crippen LogP contribution in [0.3, 0.4) is 0 Å². The molecule has 0 spiro atoms. The zero-order chi connectivity index (χ0) is 13.2. The number of piperidine rings is 1. The quantitative estimate of drug-likeness (QED) is 0.867. The largest absolute Gasteiger partial charge is 0.396 e. The van der Waals surface area contributed by atoms with Gasteiger partial charge in [-0.1, -0.05) is 0 Å². The predicted octanol–water partition coefficient (Wildman–Crippen LogP) is 1.81. The van der Waals surface area contributed by atoms with Crippen LogP contribution in [0.15, 0.2) is 11.6 Å². The zero-order valence-electron chi connectivity index (χ0n) is 10.7. The summed E-state index contributed by atoms with van der Waals surface area (Å²) in [6.07, 6.45) is 5.84. The topological polar surface area (TPSA) is 57.8 Å². The van der Waals surface area contributed by atoms with Crippen molar-refractivity contribution in [3.8, 4) is 0 Å². The van der Waals surface area contributed by atoms with Gasteiger partial charge in [-0.15, -0.1) is 11.3 Å². The molecule has 1 aliphatic heterocycles. The lowest BCUT2D eigenvalue weighted by Gasteiger charge is -2.33. The van der Waals surface area contributed by atoms with Crippen LogP contribution in [0.4, 0.5) is 5.82 Å². The molecular weight excluding hydrogens is 262 g/mol. The van der Waals surface area contributed by atoms with Crippen molar-refractivity contribution in [1.29, 1.82) is 0 Å². The van der Waals surface area contributed by atoms with Crippen molar-refractivity contribution in [3.05, 3.63) is 17.3 Å². The average Bonchev–Trinajstić information content (AvgIpc) is 2.99. The Balaban J connectivity index is 1.90. The molecule has 102 valence electrons. The Morgan fingerprint density at radius 2 is 2.47 bits per heavy atom. The molecule has 1 fully saturated rings. The maximum atomic E-state index is 11.3. The van der Waals surface area contributed by atoms with E-state index in [4.69, 9.17) is 5.11 Å². The number of hydrogen-bond donors (Lipinski definition) is 1. The highest BCUT2D eigenvalue weighted by atomic mass is 32.1. The summed E-state index contributed by atoms with van der Waals surface area (Å²) in [7, 11) is 0. The summed E-state index contributed by atoms with van der Waals surface area (Å²) in [6, 6.07) is 0. The summed E-state index contributed by atoms with van der Waals surface area (Å²) in [5.41, 5.74) is 0.640. The second-order valence-electron chi connectivity index (χ2n) is 4.96. The molecular formula is C13H17N3O2S. The van der Waals surface area contributed by atoms with Gasteiger partial charge in [-0.2, -0.15) is 0 Å². The first-order valence-electron chi connectivity index (χ1n) is 6.60. The first-order chi connectivity index (χ1) is 9.33. The van der Waals surface area contributed by atoms with E-state index in [1.165, 1.54) is 11.3 Å². The number of nitrogens with zero attached hydrogens (tertiary/aromatic N) is 3. The molecule has 1 saturated heterocycles. The number of aliphatic hydroxyl groups excluding tert-OH is 1. The molecule has 5 nitrogen and oxygen atoms in total. The number of imidazole rings is 1. The van der Waals surface area contributed by atoms with Crippen molar-refractivity contribution in [3.63, 3.8) is 0 Å². The third kappa shape index (κ3) is 2.26. The Hall–Kier alpha value is -1.40. The third-order valence-electron chi connectivity index (χ3n) is 3.75. The number of aromatic nitrogens is 2. The Bertz CT molecular complexity index is 575. The Kier molecular flexibility index (Phi) is 3.52. The molecule has 0 aliphatic carbocycles. The highest BCUT2D eigenvalue weighted by Gasteiger charge is 2.24. The van der Waals surface area contributed by atoms with Crippen molar-refractivity contribution in [1.82, 2.24) is 9.38 Å². The maximum Gasteiger partial charge on any atom is 0.196 e. The number of anilines is 1. The van der Waals surface area contributed by atoms with Gasteiger partial charge in [-0.3, -0.25) is 9.20 Å². The zero-order valence-corrected chi connectivity index (χ0v) is 11.5. The van der Waals surface area contributed by atoms with Crippen LogP contribution in [-0.4, -0.2) is 40.5 Å². The molecule has 1 unspecified atom stereocenters. The van der Waals surface area contributed by atoms with E-state index in [2.05, 4.69) is 9.88 Å². The number of fused-ring (bicyclic) bond motifs is 1. The molecule has 2 aromatic rings. The van der Waals surface area contributed by atoms with Crippen molar-refractivity contribution in [2.75, 3.05) is 24.6 Å².